The minimum absolute atomic E-state index is 0.105. The van der Waals surface area contributed by atoms with Gasteiger partial charge < -0.3 is 15.3 Å². The Morgan fingerprint density at radius 3 is 2.47 bits per heavy atom. The summed E-state index contributed by atoms with van der Waals surface area (Å²) in [7, 11) is 1.71. The van der Waals surface area contributed by atoms with E-state index in [-0.39, 0.29) is 12.1 Å². The predicted octanol–water partition coefficient (Wildman–Crippen LogP) is 2.41. The summed E-state index contributed by atoms with van der Waals surface area (Å²) in [5, 5.41) is 11.7. The maximum absolute atomic E-state index is 12.0. The highest BCUT2D eigenvalue weighted by atomic mass is 32.2. The van der Waals surface area contributed by atoms with Crippen molar-refractivity contribution in [2.24, 2.45) is 0 Å². The van der Waals surface area contributed by atoms with E-state index in [1.807, 2.05) is 20.1 Å². The third kappa shape index (κ3) is 7.30. The number of carboxylic acid groups (broad SMARTS) is 1. The molecule has 0 aromatic heterocycles. The lowest BCUT2D eigenvalue weighted by molar-refractivity contribution is -0.139. The van der Waals surface area contributed by atoms with E-state index in [4.69, 9.17) is 5.11 Å². The molecule has 0 aliphatic rings. The summed E-state index contributed by atoms with van der Waals surface area (Å²) in [5.74, 6) is 0.0173. The number of amides is 2. The highest BCUT2D eigenvalue weighted by Crippen LogP contribution is 2.07. The standard InChI is InChI=1S/C13H26N2O3S/c1-5-6-7-11(12(16)17)14-13(18)15(3)10(2)8-9-19-4/h10-11H,5-9H2,1-4H3,(H,14,18)(H,16,17)/t10?,11-/m0/s1. The number of unbranched alkanes of at least 4 members (excludes halogenated alkanes) is 1. The molecule has 0 aromatic rings. The van der Waals surface area contributed by atoms with Crippen LogP contribution in [0.4, 0.5) is 4.79 Å². The van der Waals surface area contributed by atoms with Crippen molar-refractivity contribution in [3.8, 4) is 0 Å². The number of thioether (sulfide) groups is 1. The molecule has 0 saturated carbocycles. The van der Waals surface area contributed by atoms with E-state index in [1.54, 1.807) is 23.7 Å². The van der Waals surface area contributed by atoms with Gasteiger partial charge in [-0.25, -0.2) is 9.59 Å². The van der Waals surface area contributed by atoms with Crippen LogP contribution in [0.5, 0.6) is 0 Å². The molecule has 5 nitrogen and oxygen atoms in total. The molecule has 0 rings (SSSR count). The van der Waals surface area contributed by atoms with Crippen molar-refractivity contribution in [2.75, 3.05) is 19.1 Å². The lowest BCUT2D eigenvalue weighted by atomic mass is 10.1. The number of nitrogens with one attached hydrogen (secondary N) is 1. The van der Waals surface area contributed by atoms with Crippen LogP contribution in [0.1, 0.15) is 39.5 Å². The molecule has 0 aliphatic carbocycles. The zero-order chi connectivity index (χ0) is 14.8. The number of hydrogen-bond acceptors (Lipinski definition) is 3. The van der Waals surface area contributed by atoms with E-state index in [9.17, 15) is 9.59 Å². The van der Waals surface area contributed by atoms with Gasteiger partial charge in [0.2, 0.25) is 0 Å². The summed E-state index contributed by atoms with van der Waals surface area (Å²) in [4.78, 5) is 24.6. The Bertz CT molecular complexity index is 287. The first kappa shape index (κ1) is 18.1. The first-order valence-electron chi connectivity index (χ1n) is 6.69. The fourth-order valence-corrected chi connectivity index (χ4v) is 2.18. The van der Waals surface area contributed by atoms with Gasteiger partial charge in [-0.05, 0) is 31.8 Å². The fourth-order valence-electron chi connectivity index (χ4n) is 1.60. The van der Waals surface area contributed by atoms with Crippen LogP contribution in [-0.4, -0.2) is 53.1 Å². The zero-order valence-corrected chi connectivity index (χ0v) is 13.1. The molecule has 2 N–H and O–H groups in total. The van der Waals surface area contributed by atoms with Crippen molar-refractivity contribution < 1.29 is 14.7 Å². The topological polar surface area (TPSA) is 69.6 Å². The first-order chi connectivity index (χ1) is 8.93. The smallest absolute Gasteiger partial charge is 0.326 e. The molecule has 1 unspecified atom stereocenters. The number of rotatable bonds is 9. The third-order valence-electron chi connectivity index (χ3n) is 3.16. The Morgan fingerprint density at radius 2 is 2.00 bits per heavy atom. The fraction of sp³-hybridized carbons (Fsp3) is 0.846. The van der Waals surface area contributed by atoms with Gasteiger partial charge in [0.05, 0.1) is 0 Å². The van der Waals surface area contributed by atoms with Crippen molar-refractivity contribution in [2.45, 2.75) is 51.6 Å². The lowest BCUT2D eigenvalue weighted by Crippen LogP contribution is -2.49. The van der Waals surface area contributed by atoms with Crippen LogP contribution in [0.3, 0.4) is 0 Å². The SMILES string of the molecule is CCCC[C@H](NC(=O)N(C)C(C)CCSC)C(=O)O. The van der Waals surface area contributed by atoms with Gasteiger partial charge in [0.15, 0.2) is 0 Å². The van der Waals surface area contributed by atoms with Gasteiger partial charge in [-0.3, -0.25) is 0 Å². The van der Waals surface area contributed by atoms with Crippen LogP contribution in [0.15, 0.2) is 0 Å². The van der Waals surface area contributed by atoms with Crippen LogP contribution in [0, 0.1) is 0 Å². The Balaban J connectivity index is 4.33. The molecular weight excluding hydrogens is 264 g/mol. The van der Waals surface area contributed by atoms with Crippen molar-refractivity contribution >= 4 is 23.8 Å². The third-order valence-corrected chi connectivity index (χ3v) is 3.81. The van der Waals surface area contributed by atoms with Crippen LogP contribution in [0.2, 0.25) is 0 Å². The highest BCUT2D eigenvalue weighted by molar-refractivity contribution is 7.98. The quantitative estimate of drug-likeness (QED) is 0.684. The normalized spacial score (nSPS) is 13.7. The molecule has 2 amide bonds. The number of carbonyl (C=O) groups is 2. The van der Waals surface area contributed by atoms with Gasteiger partial charge >= 0.3 is 12.0 Å². The molecule has 0 radical (unpaired) electrons. The molecule has 112 valence electrons. The van der Waals surface area contributed by atoms with Gasteiger partial charge in [0.25, 0.3) is 0 Å². The van der Waals surface area contributed by atoms with Crippen molar-refractivity contribution in [1.29, 1.82) is 0 Å². The van der Waals surface area contributed by atoms with E-state index in [0.717, 1.165) is 25.0 Å². The average molecular weight is 290 g/mol. The molecule has 0 aliphatic heterocycles. The predicted molar refractivity (Wildman–Crippen MR) is 79.7 cm³/mol. The second kappa shape index (κ2) is 9.95. The van der Waals surface area contributed by atoms with Gasteiger partial charge in [0.1, 0.15) is 6.04 Å². The molecule has 0 heterocycles. The van der Waals surface area contributed by atoms with Crippen molar-refractivity contribution in [3.63, 3.8) is 0 Å². The molecule has 6 heteroatoms. The van der Waals surface area contributed by atoms with Gasteiger partial charge in [0, 0.05) is 13.1 Å². The number of urea groups is 1. The Kier molecular flexibility index (Phi) is 9.47. The summed E-state index contributed by atoms with van der Waals surface area (Å²) >= 11 is 1.74. The second-order valence-electron chi connectivity index (χ2n) is 4.72. The molecule has 0 fully saturated rings. The Labute approximate surface area is 120 Å². The van der Waals surface area contributed by atoms with Crippen LogP contribution < -0.4 is 5.32 Å². The maximum Gasteiger partial charge on any atom is 0.326 e. The average Bonchev–Trinajstić information content (AvgIpc) is 2.39. The number of aliphatic carboxylic acids is 1. The van der Waals surface area contributed by atoms with Gasteiger partial charge in [-0.2, -0.15) is 11.8 Å². The first-order valence-corrected chi connectivity index (χ1v) is 8.08. The van der Waals surface area contributed by atoms with Crippen LogP contribution in [0.25, 0.3) is 0 Å². The monoisotopic (exact) mass is 290 g/mol. The summed E-state index contributed by atoms with van der Waals surface area (Å²) in [6.45, 7) is 3.97. The molecule has 0 aromatic carbocycles. The minimum atomic E-state index is -0.966. The van der Waals surface area contributed by atoms with E-state index < -0.39 is 12.0 Å². The number of nitrogens with zero attached hydrogens (tertiary/aromatic N) is 1. The Hall–Kier alpha value is -0.910. The van der Waals surface area contributed by atoms with E-state index >= 15 is 0 Å². The number of carbonyl (C=O) groups excluding carboxylic acids is 1. The summed E-state index contributed by atoms with van der Waals surface area (Å²) < 4.78 is 0. The van der Waals surface area contributed by atoms with Crippen molar-refractivity contribution in [1.82, 2.24) is 10.2 Å². The Morgan fingerprint density at radius 1 is 1.37 bits per heavy atom. The maximum atomic E-state index is 12.0. The van der Waals surface area contributed by atoms with E-state index in [0.29, 0.717) is 6.42 Å². The molecule has 0 spiro atoms. The molecule has 0 saturated heterocycles. The van der Waals surface area contributed by atoms with E-state index in [1.165, 1.54) is 0 Å². The largest absolute Gasteiger partial charge is 0.480 e. The van der Waals surface area contributed by atoms with Gasteiger partial charge in [-0.15, -0.1) is 0 Å². The molecular formula is C13H26N2O3S. The van der Waals surface area contributed by atoms with E-state index in [2.05, 4.69) is 5.32 Å². The molecule has 19 heavy (non-hydrogen) atoms. The van der Waals surface area contributed by atoms with Crippen LogP contribution in [-0.2, 0) is 4.79 Å². The zero-order valence-electron chi connectivity index (χ0n) is 12.3. The summed E-state index contributed by atoms with van der Waals surface area (Å²) in [6, 6.07) is -0.993. The lowest BCUT2D eigenvalue weighted by Gasteiger charge is -2.26. The number of carboxylic acids is 1. The second-order valence-corrected chi connectivity index (χ2v) is 5.71. The summed E-state index contributed by atoms with van der Waals surface area (Å²) in [5.41, 5.74) is 0. The molecule has 0 bridgehead atoms. The number of hydrogen-bond donors (Lipinski definition) is 2. The van der Waals surface area contributed by atoms with Crippen LogP contribution >= 0.6 is 11.8 Å². The van der Waals surface area contributed by atoms with Gasteiger partial charge in [-0.1, -0.05) is 19.8 Å². The summed E-state index contributed by atoms with van der Waals surface area (Å²) in [6.07, 6.45) is 5.11. The minimum Gasteiger partial charge on any atom is -0.480 e. The highest BCUT2D eigenvalue weighted by Gasteiger charge is 2.23. The van der Waals surface area contributed by atoms with Crippen molar-refractivity contribution in [3.05, 3.63) is 0 Å². The molecule has 2 atom stereocenters.